The summed E-state index contributed by atoms with van der Waals surface area (Å²) < 4.78 is 0. The fourth-order valence-electron chi connectivity index (χ4n) is 2.52. The Hall–Kier alpha value is -2.37. The van der Waals surface area contributed by atoms with Crippen LogP contribution in [0.2, 0.25) is 0 Å². The van der Waals surface area contributed by atoms with Gasteiger partial charge in [0, 0.05) is 36.8 Å². The molecule has 1 aromatic carbocycles. The lowest BCUT2D eigenvalue weighted by Crippen LogP contribution is -2.32. The third-order valence-corrected chi connectivity index (χ3v) is 3.63. The van der Waals surface area contributed by atoms with Crippen molar-refractivity contribution in [3.05, 3.63) is 23.8 Å². The van der Waals surface area contributed by atoms with Crippen LogP contribution >= 0.6 is 0 Å². The number of hydrogen-bond acceptors (Lipinski definition) is 3. The molecule has 0 spiro atoms. The van der Waals surface area contributed by atoms with Gasteiger partial charge in [0.05, 0.1) is 0 Å². The third-order valence-electron chi connectivity index (χ3n) is 3.63. The number of hydrogen-bond donors (Lipinski definition) is 3. The zero-order valence-electron chi connectivity index (χ0n) is 15.7. The van der Waals surface area contributed by atoms with Crippen LogP contribution < -0.4 is 16.0 Å². The second-order valence-corrected chi connectivity index (χ2v) is 6.86. The minimum atomic E-state index is -0.242. The number of carbonyl (C=O) groups is 3. The summed E-state index contributed by atoms with van der Waals surface area (Å²) >= 11 is 0. The van der Waals surface area contributed by atoms with E-state index < -0.39 is 0 Å². The maximum absolute atomic E-state index is 12.5. The van der Waals surface area contributed by atoms with Gasteiger partial charge in [0.2, 0.25) is 11.8 Å². The number of benzene rings is 1. The standard InChI is InChI=1S/C19H29N3O3/c1-12(2)7-6-8-13(3)20-19(25)16-9-17(21-14(4)23)11-18(10-16)22-15(5)24/h9-13H,6-8H2,1-5H3,(H,20,25)(H,21,23)(H,22,24). The van der Waals surface area contributed by atoms with Crippen LogP contribution in [0.4, 0.5) is 11.4 Å². The van der Waals surface area contributed by atoms with E-state index >= 15 is 0 Å². The van der Waals surface area contributed by atoms with Crippen molar-refractivity contribution < 1.29 is 14.4 Å². The predicted molar refractivity (Wildman–Crippen MR) is 101 cm³/mol. The summed E-state index contributed by atoms with van der Waals surface area (Å²) in [7, 11) is 0. The zero-order valence-corrected chi connectivity index (χ0v) is 15.7. The van der Waals surface area contributed by atoms with Crippen molar-refractivity contribution in [2.45, 2.75) is 59.9 Å². The Morgan fingerprint density at radius 2 is 1.40 bits per heavy atom. The van der Waals surface area contributed by atoms with Gasteiger partial charge in [-0.15, -0.1) is 0 Å². The highest BCUT2D eigenvalue weighted by Gasteiger charge is 2.13. The Morgan fingerprint density at radius 1 is 0.880 bits per heavy atom. The number of anilines is 2. The summed E-state index contributed by atoms with van der Waals surface area (Å²) in [6, 6.07) is 4.87. The molecular formula is C19H29N3O3. The highest BCUT2D eigenvalue weighted by molar-refractivity contribution is 6.00. The van der Waals surface area contributed by atoms with Crippen molar-refractivity contribution >= 4 is 29.1 Å². The van der Waals surface area contributed by atoms with E-state index in [1.54, 1.807) is 18.2 Å². The fraction of sp³-hybridized carbons (Fsp3) is 0.526. The topological polar surface area (TPSA) is 87.3 Å². The summed E-state index contributed by atoms with van der Waals surface area (Å²) in [4.78, 5) is 35.1. The number of carbonyl (C=O) groups excluding carboxylic acids is 3. The molecule has 0 heterocycles. The zero-order chi connectivity index (χ0) is 19.0. The Bertz CT molecular complexity index is 592. The molecule has 6 heteroatoms. The third kappa shape index (κ3) is 8.33. The SMILES string of the molecule is CC(=O)Nc1cc(NC(C)=O)cc(C(=O)NC(C)CCCC(C)C)c1. The van der Waals surface area contributed by atoms with Gasteiger partial charge in [-0.05, 0) is 37.5 Å². The Kier molecular flexibility index (Phi) is 8.11. The minimum absolute atomic E-state index is 0.0555. The van der Waals surface area contributed by atoms with E-state index in [4.69, 9.17) is 0 Å². The second kappa shape index (κ2) is 9.81. The molecule has 6 nitrogen and oxygen atoms in total. The van der Waals surface area contributed by atoms with Gasteiger partial charge in [0.1, 0.15) is 0 Å². The molecule has 0 aromatic heterocycles. The highest BCUT2D eigenvalue weighted by atomic mass is 16.2. The van der Waals surface area contributed by atoms with Crippen LogP contribution in [0.3, 0.4) is 0 Å². The number of amides is 3. The minimum Gasteiger partial charge on any atom is -0.350 e. The van der Waals surface area contributed by atoms with E-state index in [9.17, 15) is 14.4 Å². The van der Waals surface area contributed by atoms with Crippen molar-refractivity contribution in [3.63, 3.8) is 0 Å². The van der Waals surface area contributed by atoms with Gasteiger partial charge in [-0.25, -0.2) is 0 Å². The van der Waals surface area contributed by atoms with Gasteiger partial charge < -0.3 is 16.0 Å². The molecule has 25 heavy (non-hydrogen) atoms. The smallest absolute Gasteiger partial charge is 0.251 e. The lowest BCUT2D eigenvalue weighted by molar-refractivity contribution is -0.115. The summed E-state index contributed by atoms with van der Waals surface area (Å²) in [6.07, 6.45) is 3.10. The van der Waals surface area contributed by atoms with E-state index in [-0.39, 0.29) is 23.8 Å². The van der Waals surface area contributed by atoms with Crippen LogP contribution in [0.15, 0.2) is 18.2 Å². The molecule has 1 aromatic rings. The van der Waals surface area contributed by atoms with E-state index in [0.29, 0.717) is 22.9 Å². The van der Waals surface area contributed by atoms with E-state index in [1.807, 2.05) is 6.92 Å². The van der Waals surface area contributed by atoms with Gasteiger partial charge >= 0.3 is 0 Å². The van der Waals surface area contributed by atoms with Crippen molar-refractivity contribution in [1.82, 2.24) is 5.32 Å². The largest absolute Gasteiger partial charge is 0.350 e. The summed E-state index contributed by atoms with van der Waals surface area (Å²) in [5.41, 5.74) is 1.33. The second-order valence-electron chi connectivity index (χ2n) is 6.86. The first kappa shape index (κ1) is 20.7. The first-order valence-corrected chi connectivity index (χ1v) is 8.68. The van der Waals surface area contributed by atoms with Crippen molar-refractivity contribution in [1.29, 1.82) is 0 Å². The Labute approximate surface area is 149 Å². The van der Waals surface area contributed by atoms with E-state index in [1.165, 1.54) is 13.8 Å². The van der Waals surface area contributed by atoms with Gasteiger partial charge in [-0.3, -0.25) is 14.4 Å². The normalized spacial score (nSPS) is 11.8. The first-order valence-electron chi connectivity index (χ1n) is 8.68. The average Bonchev–Trinajstić information content (AvgIpc) is 2.44. The van der Waals surface area contributed by atoms with E-state index in [0.717, 1.165) is 19.3 Å². The molecule has 0 radical (unpaired) electrons. The molecular weight excluding hydrogens is 318 g/mol. The van der Waals surface area contributed by atoms with Gasteiger partial charge in [0.15, 0.2) is 0 Å². The van der Waals surface area contributed by atoms with Gasteiger partial charge in [0.25, 0.3) is 5.91 Å². The Morgan fingerprint density at radius 3 is 1.84 bits per heavy atom. The number of rotatable bonds is 8. The monoisotopic (exact) mass is 347 g/mol. The van der Waals surface area contributed by atoms with Gasteiger partial charge in [-0.2, -0.15) is 0 Å². The average molecular weight is 347 g/mol. The molecule has 138 valence electrons. The van der Waals surface area contributed by atoms with Crippen molar-refractivity contribution in [2.24, 2.45) is 5.92 Å². The molecule has 1 rings (SSSR count). The van der Waals surface area contributed by atoms with Crippen LogP contribution in [0.25, 0.3) is 0 Å². The lowest BCUT2D eigenvalue weighted by atomic mass is 10.0. The molecule has 3 amide bonds. The highest BCUT2D eigenvalue weighted by Crippen LogP contribution is 2.20. The molecule has 1 atom stereocenters. The number of nitrogens with one attached hydrogen (secondary N) is 3. The van der Waals surface area contributed by atoms with Crippen molar-refractivity contribution in [2.75, 3.05) is 10.6 Å². The molecule has 3 N–H and O–H groups in total. The summed E-state index contributed by atoms with van der Waals surface area (Å²) in [5, 5.41) is 8.25. The molecule has 0 aliphatic heterocycles. The first-order chi connectivity index (χ1) is 11.7. The fourth-order valence-corrected chi connectivity index (χ4v) is 2.52. The Balaban J connectivity index is 2.84. The van der Waals surface area contributed by atoms with Crippen LogP contribution in [-0.4, -0.2) is 23.8 Å². The van der Waals surface area contributed by atoms with Crippen LogP contribution in [0, 0.1) is 5.92 Å². The molecule has 0 bridgehead atoms. The maximum Gasteiger partial charge on any atom is 0.251 e. The molecule has 0 fully saturated rings. The molecule has 0 saturated heterocycles. The summed E-state index contributed by atoms with van der Waals surface area (Å²) in [6.45, 7) is 9.12. The molecule has 1 unspecified atom stereocenters. The van der Waals surface area contributed by atoms with Crippen molar-refractivity contribution in [3.8, 4) is 0 Å². The molecule has 0 aliphatic carbocycles. The molecule has 0 saturated carbocycles. The van der Waals surface area contributed by atoms with Crippen LogP contribution in [0.1, 0.15) is 64.2 Å². The molecule has 0 aliphatic rings. The predicted octanol–water partition coefficient (Wildman–Crippen LogP) is 3.55. The van der Waals surface area contributed by atoms with Gasteiger partial charge in [-0.1, -0.05) is 26.7 Å². The van der Waals surface area contributed by atoms with E-state index in [2.05, 4.69) is 29.8 Å². The maximum atomic E-state index is 12.5. The lowest BCUT2D eigenvalue weighted by Gasteiger charge is -2.16. The van der Waals surface area contributed by atoms with Crippen LogP contribution in [0.5, 0.6) is 0 Å². The summed E-state index contributed by atoms with van der Waals surface area (Å²) in [5.74, 6) is -0.0601. The van der Waals surface area contributed by atoms with Crippen LogP contribution in [-0.2, 0) is 9.59 Å². The quantitative estimate of drug-likeness (QED) is 0.672.